The molecule has 6 heteroatoms. The third-order valence-electron chi connectivity index (χ3n) is 2.96. The predicted octanol–water partition coefficient (Wildman–Crippen LogP) is 2.62. The third-order valence-corrected chi connectivity index (χ3v) is 4.73. The van der Waals surface area contributed by atoms with E-state index in [1.165, 1.54) is 11.8 Å². The highest BCUT2D eigenvalue weighted by atomic mass is 79.9. The van der Waals surface area contributed by atoms with Crippen molar-refractivity contribution in [3.05, 3.63) is 41.1 Å². The molecule has 1 fully saturated rings. The standard InChI is InChI=1S/C13H12BrN3OS/c14-9-1-3-10(4-2-9)17-8-7-16-13(17)19-11-5-6-15-12(11)18/h1-4,7-8,11H,5-6H2,(H,15,18)/t11-/m0/s1. The Labute approximate surface area is 123 Å². The summed E-state index contributed by atoms with van der Waals surface area (Å²) in [6.45, 7) is 0.759. The molecular weight excluding hydrogens is 326 g/mol. The monoisotopic (exact) mass is 337 g/mol. The Balaban J connectivity index is 1.86. The van der Waals surface area contributed by atoms with Crippen LogP contribution in [0.15, 0.2) is 46.3 Å². The van der Waals surface area contributed by atoms with E-state index in [4.69, 9.17) is 0 Å². The van der Waals surface area contributed by atoms with E-state index in [1.807, 2.05) is 35.0 Å². The molecule has 0 radical (unpaired) electrons. The third kappa shape index (κ3) is 2.69. The van der Waals surface area contributed by atoms with Gasteiger partial charge in [0.15, 0.2) is 5.16 Å². The van der Waals surface area contributed by atoms with Crippen molar-refractivity contribution >= 4 is 33.6 Å². The second-order valence-electron chi connectivity index (χ2n) is 4.24. The first-order chi connectivity index (χ1) is 9.24. The van der Waals surface area contributed by atoms with Gasteiger partial charge in [0, 0.05) is 29.1 Å². The summed E-state index contributed by atoms with van der Waals surface area (Å²) in [5.74, 6) is 0.107. The molecule has 19 heavy (non-hydrogen) atoms. The van der Waals surface area contributed by atoms with Crippen LogP contribution in [-0.4, -0.2) is 27.3 Å². The average molecular weight is 338 g/mol. The number of rotatable bonds is 3. The topological polar surface area (TPSA) is 46.9 Å². The number of benzene rings is 1. The molecule has 1 saturated heterocycles. The van der Waals surface area contributed by atoms with E-state index in [9.17, 15) is 4.79 Å². The van der Waals surface area contributed by atoms with Crippen molar-refractivity contribution in [3.63, 3.8) is 0 Å². The number of halogens is 1. The van der Waals surface area contributed by atoms with Crippen LogP contribution in [0, 0.1) is 0 Å². The van der Waals surface area contributed by atoms with Gasteiger partial charge in [-0.3, -0.25) is 9.36 Å². The lowest BCUT2D eigenvalue weighted by atomic mass is 10.3. The minimum absolute atomic E-state index is 0.0309. The number of carbonyl (C=O) groups is 1. The van der Waals surface area contributed by atoms with Gasteiger partial charge in [-0.1, -0.05) is 27.7 Å². The molecule has 0 bridgehead atoms. The fourth-order valence-electron chi connectivity index (χ4n) is 1.99. The maximum atomic E-state index is 11.6. The molecule has 0 aliphatic carbocycles. The molecule has 1 N–H and O–H groups in total. The zero-order valence-electron chi connectivity index (χ0n) is 10.0. The number of amides is 1. The Bertz CT molecular complexity index is 596. The van der Waals surface area contributed by atoms with E-state index in [0.717, 1.165) is 28.3 Å². The summed E-state index contributed by atoms with van der Waals surface area (Å²) in [7, 11) is 0. The van der Waals surface area contributed by atoms with Gasteiger partial charge in [-0.05, 0) is 30.7 Å². The van der Waals surface area contributed by atoms with Gasteiger partial charge in [-0.2, -0.15) is 0 Å². The lowest BCUT2D eigenvalue weighted by Gasteiger charge is -2.10. The van der Waals surface area contributed by atoms with Crippen LogP contribution in [0.25, 0.3) is 5.69 Å². The molecular formula is C13H12BrN3OS. The van der Waals surface area contributed by atoms with E-state index in [-0.39, 0.29) is 11.2 Å². The van der Waals surface area contributed by atoms with Crippen LogP contribution in [0.5, 0.6) is 0 Å². The minimum atomic E-state index is -0.0309. The fraction of sp³-hybridized carbons (Fsp3) is 0.231. The quantitative estimate of drug-likeness (QED) is 0.936. The molecule has 4 nitrogen and oxygen atoms in total. The summed E-state index contributed by atoms with van der Waals surface area (Å²) in [4.78, 5) is 16.0. The second-order valence-corrected chi connectivity index (χ2v) is 6.33. The zero-order valence-corrected chi connectivity index (χ0v) is 12.4. The molecule has 3 rings (SSSR count). The number of aromatic nitrogens is 2. The van der Waals surface area contributed by atoms with E-state index >= 15 is 0 Å². The highest BCUT2D eigenvalue weighted by Gasteiger charge is 2.26. The van der Waals surface area contributed by atoms with Crippen LogP contribution in [0.3, 0.4) is 0 Å². The van der Waals surface area contributed by atoms with Crippen molar-refractivity contribution < 1.29 is 4.79 Å². The Morgan fingerprint density at radius 3 is 2.84 bits per heavy atom. The number of nitrogens with one attached hydrogen (secondary N) is 1. The van der Waals surface area contributed by atoms with Crippen molar-refractivity contribution in [1.29, 1.82) is 0 Å². The summed E-state index contributed by atoms with van der Waals surface area (Å²) in [5, 5.41) is 3.67. The van der Waals surface area contributed by atoms with Crippen molar-refractivity contribution in [1.82, 2.24) is 14.9 Å². The molecule has 1 aliphatic rings. The number of thioether (sulfide) groups is 1. The number of nitrogens with zero attached hydrogens (tertiary/aromatic N) is 2. The smallest absolute Gasteiger partial charge is 0.233 e. The number of imidazole rings is 1. The lowest BCUT2D eigenvalue weighted by molar-refractivity contribution is -0.118. The molecule has 2 aromatic rings. The summed E-state index contributed by atoms with van der Waals surface area (Å²) < 4.78 is 3.05. The van der Waals surface area contributed by atoms with Crippen LogP contribution in [0.4, 0.5) is 0 Å². The van der Waals surface area contributed by atoms with Crippen LogP contribution in [0.1, 0.15) is 6.42 Å². The average Bonchev–Trinajstić information content (AvgIpc) is 3.01. The van der Waals surface area contributed by atoms with Crippen molar-refractivity contribution in [2.45, 2.75) is 16.8 Å². The number of hydrogen-bond donors (Lipinski definition) is 1. The van der Waals surface area contributed by atoms with Gasteiger partial charge in [0.25, 0.3) is 0 Å². The highest BCUT2D eigenvalue weighted by Crippen LogP contribution is 2.28. The van der Waals surface area contributed by atoms with E-state index < -0.39 is 0 Å². The number of hydrogen-bond acceptors (Lipinski definition) is 3. The van der Waals surface area contributed by atoms with Gasteiger partial charge in [-0.15, -0.1) is 0 Å². The summed E-state index contributed by atoms with van der Waals surface area (Å²) in [6.07, 6.45) is 4.53. The SMILES string of the molecule is O=C1NCC[C@@H]1Sc1nccn1-c1ccc(Br)cc1. The molecule has 0 spiro atoms. The van der Waals surface area contributed by atoms with Crippen molar-refractivity contribution in [2.24, 2.45) is 0 Å². The van der Waals surface area contributed by atoms with Gasteiger partial charge < -0.3 is 5.32 Å². The van der Waals surface area contributed by atoms with E-state index in [2.05, 4.69) is 26.2 Å². The van der Waals surface area contributed by atoms with Crippen LogP contribution < -0.4 is 5.32 Å². The Hall–Kier alpha value is -1.27. The first-order valence-electron chi connectivity index (χ1n) is 5.98. The molecule has 98 valence electrons. The zero-order chi connectivity index (χ0) is 13.2. The van der Waals surface area contributed by atoms with Gasteiger partial charge in [-0.25, -0.2) is 4.98 Å². The summed E-state index contributed by atoms with van der Waals surface area (Å²) in [5.41, 5.74) is 1.04. The summed E-state index contributed by atoms with van der Waals surface area (Å²) in [6, 6.07) is 8.02. The van der Waals surface area contributed by atoms with Crippen LogP contribution in [-0.2, 0) is 4.79 Å². The lowest BCUT2D eigenvalue weighted by Crippen LogP contribution is -2.20. The van der Waals surface area contributed by atoms with Crippen LogP contribution in [0.2, 0.25) is 0 Å². The van der Waals surface area contributed by atoms with E-state index in [1.54, 1.807) is 6.20 Å². The molecule has 1 amide bonds. The second kappa shape index (κ2) is 5.38. The van der Waals surface area contributed by atoms with Gasteiger partial charge in [0.1, 0.15) is 0 Å². The predicted molar refractivity (Wildman–Crippen MR) is 78.5 cm³/mol. The summed E-state index contributed by atoms with van der Waals surface area (Å²) >= 11 is 4.94. The molecule has 1 aliphatic heterocycles. The molecule has 0 unspecified atom stereocenters. The van der Waals surface area contributed by atoms with Gasteiger partial charge >= 0.3 is 0 Å². The minimum Gasteiger partial charge on any atom is -0.355 e. The van der Waals surface area contributed by atoms with Crippen molar-refractivity contribution in [3.8, 4) is 5.69 Å². The normalized spacial score (nSPS) is 18.6. The molecule has 2 heterocycles. The first-order valence-corrected chi connectivity index (χ1v) is 7.65. The largest absolute Gasteiger partial charge is 0.355 e. The Morgan fingerprint density at radius 1 is 1.37 bits per heavy atom. The molecule has 1 aromatic heterocycles. The molecule has 1 aromatic carbocycles. The Morgan fingerprint density at radius 2 is 2.16 bits per heavy atom. The molecule has 0 saturated carbocycles. The Kier molecular flexibility index (Phi) is 3.61. The van der Waals surface area contributed by atoms with Gasteiger partial charge in [0.05, 0.1) is 5.25 Å². The van der Waals surface area contributed by atoms with Crippen molar-refractivity contribution in [2.75, 3.05) is 6.54 Å². The van der Waals surface area contributed by atoms with E-state index in [0.29, 0.717) is 0 Å². The maximum Gasteiger partial charge on any atom is 0.233 e. The molecule has 1 atom stereocenters. The number of carbonyl (C=O) groups excluding carboxylic acids is 1. The first kappa shape index (κ1) is 12.7. The van der Waals surface area contributed by atoms with Gasteiger partial charge in [0.2, 0.25) is 5.91 Å². The fourth-order valence-corrected chi connectivity index (χ4v) is 3.33. The maximum absolute atomic E-state index is 11.6. The van der Waals surface area contributed by atoms with Crippen LogP contribution >= 0.6 is 27.7 Å². The highest BCUT2D eigenvalue weighted by molar-refractivity contribution is 9.10.